The number of benzene rings is 2. The molecule has 5 nitrogen and oxygen atoms in total. The van der Waals surface area contributed by atoms with Crippen LogP contribution < -0.4 is 5.32 Å². The summed E-state index contributed by atoms with van der Waals surface area (Å²) < 4.78 is 10.6. The van der Waals surface area contributed by atoms with Crippen LogP contribution in [0.25, 0.3) is 0 Å². The van der Waals surface area contributed by atoms with Crippen molar-refractivity contribution in [3.63, 3.8) is 0 Å². The van der Waals surface area contributed by atoms with Gasteiger partial charge >= 0.3 is 11.9 Å². The van der Waals surface area contributed by atoms with E-state index in [1.54, 1.807) is 0 Å². The highest BCUT2D eigenvalue weighted by atomic mass is 16.5. The maximum Gasteiger partial charge on any atom is 0.310 e. The predicted octanol–water partition coefficient (Wildman–Crippen LogP) is 4.03. The first kappa shape index (κ1) is 21.8. The number of carbonyl (C=O) groups excluding carboxylic acids is 2. The fourth-order valence-corrected chi connectivity index (χ4v) is 4.24. The monoisotopic (exact) mass is 407 g/mol. The Morgan fingerprint density at radius 2 is 1.57 bits per heavy atom. The zero-order valence-corrected chi connectivity index (χ0v) is 17.4. The number of carbonyl (C=O) groups is 2. The van der Waals surface area contributed by atoms with Crippen LogP contribution in [-0.4, -0.2) is 24.6 Å². The van der Waals surface area contributed by atoms with Crippen LogP contribution in [0.4, 0.5) is 0 Å². The van der Waals surface area contributed by atoms with E-state index >= 15 is 0 Å². The Morgan fingerprint density at radius 3 is 2.13 bits per heavy atom. The molecule has 0 saturated heterocycles. The first-order chi connectivity index (χ1) is 14.6. The molecule has 3 rings (SSSR count). The van der Waals surface area contributed by atoms with Gasteiger partial charge < -0.3 is 14.8 Å². The van der Waals surface area contributed by atoms with Gasteiger partial charge in [0.2, 0.25) is 0 Å². The highest BCUT2D eigenvalue weighted by molar-refractivity contribution is 5.83. The van der Waals surface area contributed by atoms with Gasteiger partial charge in [-0.25, -0.2) is 0 Å². The van der Waals surface area contributed by atoms with E-state index in [9.17, 15) is 9.59 Å². The smallest absolute Gasteiger partial charge is 0.310 e. The number of ether oxygens (including phenoxy) is 2. The summed E-state index contributed by atoms with van der Waals surface area (Å²) in [4.78, 5) is 25.4. The molecule has 1 saturated carbocycles. The third-order valence-corrected chi connectivity index (χ3v) is 5.78. The lowest BCUT2D eigenvalue weighted by Gasteiger charge is -2.30. The molecule has 2 aromatic rings. The van der Waals surface area contributed by atoms with Crippen molar-refractivity contribution in [1.82, 2.24) is 5.32 Å². The minimum absolute atomic E-state index is 0.190. The fourth-order valence-electron chi connectivity index (χ4n) is 4.24. The Labute approximate surface area is 178 Å². The molecule has 158 valence electrons. The van der Waals surface area contributed by atoms with E-state index in [1.165, 1.54) is 7.11 Å². The van der Waals surface area contributed by atoms with Gasteiger partial charge in [0, 0.05) is 12.1 Å². The van der Waals surface area contributed by atoms with Crippen LogP contribution in [0.1, 0.15) is 30.4 Å². The summed E-state index contributed by atoms with van der Waals surface area (Å²) in [5.74, 6) is -1.82. The Hall–Kier alpha value is -2.92. The van der Waals surface area contributed by atoms with Crippen molar-refractivity contribution >= 4 is 11.9 Å². The molecule has 0 amide bonds. The van der Waals surface area contributed by atoms with E-state index < -0.39 is 17.4 Å². The van der Waals surface area contributed by atoms with Gasteiger partial charge in [0.1, 0.15) is 6.61 Å². The van der Waals surface area contributed by atoms with E-state index in [0.717, 1.165) is 11.1 Å². The average Bonchev–Trinajstić information content (AvgIpc) is 3.17. The average molecular weight is 408 g/mol. The minimum atomic E-state index is -0.551. The molecule has 1 fully saturated rings. The molecule has 3 atom stereocenters. The van der Waals surface area contributed by atoms with Gasteiger partial charge in [-0.3, -0.25) is 9.59 Å². The maximum atomic E-state index is 12.9. The second-order valence-corrected chi connectivity index (χ2v) is 7.85. The summed E-state index contributed by atoms with van der Waals surface area (Å²) in [7, 11) is 1.36. The molecule has 0 aliphatic heterocycles. The molecule has 1 N–H and O–H groups in total. The molecule has 1 aliphatic carbocycles. The standard InChI is InChI=1S/C25H29NO4/c1-3-14-25(26-17-19-10-6-4-7-11-19)15-21(23(27)29-2)22(16-25)24(28)30-18-20-12-8-5-9-13-20/h3-13,21-22,26H,1,14-18H2,2H3. The molecule has 3 unspecified atom stereocenters. The molecule has 0 aromatic heterocycles. The fraction of sp³-hybridized carbons (Fsp3) is 0.360. The summed E-state index contributed by atoms with van der Waals surface area (Å²) in [5.41, 5.74) is 1.65. The van der Waals surface area contributed by atoms with Crippen molar-refractivity contribution in [3.8, 4) is 0 Å². The first-order valence-corrected chi connectivity index (χ1v) is 10.2. The Morgan fingerprint density at radius 1 is 1.00 bits per heavy atom. The largest absolute Gasteiger partial charge is 0.469 e. The molecule has 5 heteroatoms. The second-order valence-electron chi connectivity index (χ2n) is 7.85. The topological polar surface area (TPSA) is 64.6 Å². The number of methoxy groups -OCH3 is 1. The molecular weight excluding hydrogens is 378 g/mol. The Bertz CT molecular complexity index is 852. The SMILES string of the molecule is C=CCC1(NCc2ccccc2)CC(C(=O)OC)C(C(=O)OCc2ccccc2)C1. The second kappa shape index (κ2) is 10.2. The van der Waals surface area contributed by atoms with Gasteiger partial charge in [0.25, 0.3) is 0 Å². The predicted molar refractivity (Wildman–Crippen MR) is 115 cm³/mol. The summed E-state index contributed by atoms with van der Waals surface area (Å²) in [6.07, 6.45) is 3.49. The summed E-state index contributed by atoms with van der Waals surface area (Å²) in [5, 5.41) is 3.59. The third-order valence-electron chi connectivity index (χ3n) is 5.78. The number of hydrogen-bond acceptors (Lipinski definition) is 5. The van der Waals surface area contributed by atoms with Crippen molar-refractivity contribution in [2.45, 2.75) is 38.0 Å². The number of nitrogens with one attached hydrogen (secondary N) is 1. The van der Waals surface area contributed by atoms with E-state index in [0.29, 0.717) is 25.8 Å². The van der Waals surface area contributed by atoms with Gasteiger partial charge in [-0.1, -0.05) is 66.7 Å². The highest BCUT2D eigenvalue weighted by Gasteiger charge is 2.51. The summed E-state index contributed by atoms with van der Waals surface area (Å²) in [6, 6.07) is 19.6. The van der Waals surface area contributed by atoms with E-state index in [2.05, 4.69) is 11.9 Å². The number of esters is 2. The molecule has 0 spiro atoms. The first-order valence-electron chi connectivity index (χ1n) is 10.2. The molecule has 30 heavy (non-hydrogen) atoms. The number of rotatable bonds is 9. The molecule has 0 heterocycles. The van der Waals surface area contributed by atoms with Gasteiger partial charge in [-0.15, -0.1) is 6.58 Å². The molecular formula is C25H29NO4. The minimum Gasteiger partial charge on any atom is -0.469 e. The third kappa shape index (κ3) is 5.36. The lowest BCUT2D eigenvalue weighted by atomic mass is 9.91. The summed E-state index contributed by atoms with van der Waals surface area (Å²) >= 11 is 0. The van der Waals surface area contributed by atoms with Crippen molar-refractivity contribution < 1.29 is 19.1 Å². The van der Waals surface area contributed by atoms with Crippen LogP contribution in [-0.2, 0) is 32.2 Å². The molecule has 0 bridgehead atoms. The van der Waals surface area contributed by atoms with Crippen LogP contribution in [0.2, 0.25) is 0 Å². The van der Waals surface area contributed by atoms with Crippen LogP contribution in [0.15, 0.2) is 73.3 Å². The lowest BCUT2D eigenvalue weighted by Crippen LogP contribution is -2.42. The van der Waals surface area contributed by atoms with E-state index in [-0.39, 0.29) is 18.5 Å². The van der Waals surface area contributed by atoms with Crippen molar-refractivity contribution in [2.24, 2.45) is 11.8 Å². The molecule has 1 aliphatic rings. The zero-order chi connectivity index (χ0) is 21.4. The van der Waals surface area contributed by atoms with Crippen LogP contribution in [0.5, 0.6) is 0 Å². The van der Waals surface area contributed by atoms with Crippen molar-refractivity contribution in [3.05, 3.63) is 84.4 Å². The molecule has 0 radical (unpaired) electrons. The van der Waals surface area contributed by atoms with Crippen molar-refractivity contribution in [2.75, 3.05) is 7.11 Å². The highest BCUT2D eigenvalue weighted by Crippen LogP contribution is 2.43. The summed E-state index contributed by atoms with van der Waals surface area (Å²) in [6.45, 7) is 4.73. The van der Waals surface area contributed by atoms with Crippen LogP contribution >= 0.6 is 0 Å². The Balaban J connectivity index is 1.74. The van der Waals surface area contributed by atoms with E-state index in [1.807, 2.05) is 66.7 Å². The number of hydrogen-bond donors (Lipinski definition) is 1. The lowest BCUT2D eigenvalue weighted by molar-refractivity contribution is -0.158. The van der Waals surface area contributed by atoms with Gasteiger partial charge in [0.15, 0.2) is 0 Å². The normalized spacial score (nSPS) is 23.0. The van der Waals surface area contributed by atoms with Crippen LogP contribution in [0, 0.1) is 11.8 Å². The van der Waals surface area contributed by atoms with Crippen LogP contribution in [0.3, 0.4) is 0 Å². The van der Waals surface area contributed by atoms with Gasteiger partial charge in [-0.2, -0.15) is 0 Å². The zero-order valence-electron chi connectivity index (χ0n) is 17.4. The van der Waals surface area contributed by atoms with Crippen molar-refractivity contribution in [1.29, 1.82) is 0 Å². The van der Waals surface area contributed by atoms with Gasteiger partial charge in [-0.05, 0) is 30.4 Å². The van der Waals surface area contributed by atoms with E-state index in [4.69, 9.17) is 9.47 Å². The van der Waals surface area contributed by atoms with Gasteiger partial charge in [0.05, 0.1) is 18.9 Å². The Kier molecular flexibility index (Phi) is 7.41. The maximum absolute atomic E-state index is 12.9. The molecule has 2 aromatic carbocycles. The quantitative estimate of drug-likeness (QED) is 0.502.